The normalized spacial score (nSPS) is 14.3. The Balaban J connectivity index is 1.66. The second-order valence-corrected chi connectivity index (χ2v) is 8.78. The molecule has 9 heteroatoms. The zero-order chi connectivity index (χ0) is 21.7. The molecule has 1 aliphatic heterocycles. The van der Waals surface area contributed by atoms with Crippen molar-refractivity contribution in [1.29, 1.82) is 0 Å². The third kappa shape index (κ3) is 5.17. The van der Waals surface area contributed by atoms with Gasteiger partial charge in [-0.25, -0.2) is 8.42 Å². The first kappa shape index (κ1) is 21.8. The van der Waals surface area contributed by atoms with E-state index in [9.17, 15) is 18.0 Å². The fourth-order valence-corrected chi connectivity index (χ4v) is 4.21. The molecule has 0 saturated carbocycles. The number of hydrogen-bond donors (Lipinski definition) is 1. The van der Waals surface area contributed by atoms with E-state index in [1.807, 2.05) is 19.1 Å². The van der Waals surface area contributed by atoms with E-state index in [4.69, 9.17) is 4.74 Å². The first-order chi connectivity index (χ1) is 14.3. The Hall–Kier alpha value is -2.91. The summed E-state index contributed by atoms with van der Waals surface area (Å²) < 4.78 is 33.0. The fourth-order valence-electron chi connectivity index (χ4n) is 3.08. The lowest BCUT2D eigenvalue weighted by Crippen LogP contribution is -2.46. The number of aryl methyl sites for hydroxylation is 1. The van der Waals surface area contributed by atoms with Crippen LogP contribution in [0.15, 0.2) is 53.4 Å². The third-order valence-corrected chi connectivity index (χ3v) is 6.27. The summed E-state index contributed by atoms with van der Waals surface area (Å²) in [4.78, 5) is 28.0. The maximum absolute atomic E-state index is 12.6. The number of para-hydroxylation sites is 1. The van der Waals surface area contributed by atoms with E-state index in [2.05, 4.69) is 4.72 Å². The number of amides is 2. The monoisotopic (exact) mass is 431 g/mol. The molecule has 160 valence electrons. The fraction of sp³-hybridized carbons (Fsp3) is 0.333. The number of ether oxygens (including phenoxy) is 1. The molecule has 3 rings (SSSR count). The molecule has 8 nitrogen and oxygen atoms in total. The Morgan fingerprint density at radius 2 is 1.70 bits per heavy atom. The van der Waals surface area contributed by atoms with Crippen LogP contribution in [-0.2, 0) is 19.6 Å². The van der Waals surface area contributed by atoms with Gasteiger partial charge in [0.05, 0.1) is 30.3 Å². The number of carbonyl (C=O) groups excluding carboxylic acids is 2. The largest absolute Gasteiger partial charge is 0.378 e. The Labute approximate surface area is 176 Å². The quantitative estimate of drug-likeness (QED) is 0.752. The smallest absolute Gasteiger partial charge is 0.261 e. The van der Waals surface area contributed by atoms with Crippen molar-refractivity contribution in [3.05, 3.63) is 59.7 Å². The Morgan fingerprint density at radius 1 is 1.07 bits per heavy atom. The van der Waals surface area contributed by atoms with Gasteiger partial charge in [0.15, 0.2) is 0 Å². The van der Waals surface area contributed by atoms with Crippen molar-refractivity contribution < 1.29 is 22.7 Å². The average Bonchev–Trinajstić information content (AvgIpc) is 2.75. The van der Waals surface area contributed by atoms with Gasteiger partial charge in [-0.1, -0.05) is 18.2 Å². The molecule has 2 aromatic rings. The first-order valence-electron chi connectivity index (χ1n) is 9.57. The van der Waals surface area contributed by atoms with E-state index < -0.39 is 10.0 Å². The summed E-state index contributed by atoms with van der Waals surface area (Å²) in [6.45, 7) is 3.79. The highest BCUT2D eigenvalue weighted by Crippen LogP contribution is 2.20. The van der Waals surface area contributed by atoms with Crippen molar-refractivity contribution in [3.8, 4) is 0 Å². The topological polar surface area (TPSA) is 96.0 Å². The number of nitrogens with zero attached hydrogens (tertiary/aromatic N) is 2. The Kier molecular flexibility index (Phi) is 6.73. The number of nitrogens with one attached hydrogen (secondary N) is 1. The van der Waals surface area contributed by atoms with E-state index in [-0.39, 0.29) is 23.3 Å². The van der Waals surface area contributed by atoms with Crippen molar-refractivity contribution in [1.82, 2.24) is 9.80 Å². The second-order valence-electron chi connectivity index (χ2n) is 7.10. The van der Waals surface area contributed by atoms with Gasteiger partial charge >= 0.3 is 0 Å². The maximum atomic E-state index is 12.6. The van der Waals surface area contributed by atoms with E-state index in [0.29, 0.717) is 37.6 Å². The Bertz CT molecular complexity index is 1020. The van der Waals surface area contributed by atoms with E-state index in [1.165, 1.54) is 29.2 Å². The van der Waals surface area contributed by atoms with Gasteiger partial charge in [0.1, 0.15) is 0 Å². The SMILES string of the molecule is Cc1ccccc1NS(=O)(=O)c1ccc(C(=O)N(C)CC(=O)N2CCOCC2)cc1. The number of sulfonamides is 1. The van der Waals surface area contributed by atoms with Crippen LogP contribution in [0.25, 0.3) is 0 Å². The van der Waals surface area contributed by atoms with Gasteiger partial charge in [-0.05, 0) is 42.8 Å². The molecule has 1 saturated heterocycles. The van der Waals surface area contributed by atoms with Crippen molar-refractivity contribution >= 4 is 27.5 Å². The highest BCUT2D eigenvalue weighted by atomic mass is 32.2. The zero-order valence-corrected chi connectivity index (χ0v) is 17.8. The predicted molar refractivity (Wildman–Crippen MR) is 113 cm³/mol. The maximum Gasteiger partial charge on any atom is 0.261 e. The van der Waals surface area contributed by atoms with E-state index >= 15 is 0 Å². The van der Waals surface area contributed by atoms with Crippen LogP contribution in [0.1, 0.15) is 15.9 Å². The van der Waals surface area contributed by atoms with Crippen LogP contribution in [0, 0.1) is 6.92 Å². The molecule has 0 aromatic heterocycles. The van der Waals surface area contributed by atoms with Crippen molar-refractivity contribution in [2.24, 2.45) is 0 Å². The van der Waals surface area contributed by atoms with Crippen LogP contribution in [0.3, 0.4) is 0 Å². The van der Waals surface area contributed by atoms with Crippen LogP contribution in [-0.4, -0.2) is 69.9 Å². The van der Waals surface area contributed by atoms with Crippen LogP contribution in [0.2, 0.25) is 0 Å². The van der Waals surface area contributed by atoms with Crippen LogP contribution in [0.4, 0.5) is 5.69 Å². The lowest BCUT2D eigenvalue weighted by molar-refractivity contribution is -0.135. The molecule has 0 atom stereocenters. The average molecular weight is 432 g/mol. The number of morpholine rings is 1. The third-order valence-electron chi connectivity index (χ3n) is 4.88. The molecule has 0 spiro atoms. The molecule has 0 bridgehead atoms. The van der Waals surface area contributed by atoms with Gasteiger partial charge in [-0.15, -0.1) is 0 Å². The molecule has 1 fully saturated rings. The van der Waals surface area contributed by atoms with Gasteiger partial charge in [0.25, 0.3) is 15.9 Å². The highest BCUT2D eigenvalue weighted by Gasteiger charge is 2.22. The molecule has 1 aliphatic rings. The summed E-state index contributed by atoms with van der Waals surface area (Å²) in [7, 11) is -2.23. The lowest BCUT2D eigenvalue weighted by Gasteiger charge is -2.28. The van der Waals surface area contributed by atoms with Crippen LogP contribution >= 0.6 is 0 Å². The molecule has 0 radical (unpaired) electrons. The second kappa shape index (κ2) is 9.27. The van der Waals surface area contributed by atoms with Crippen LogP contribution < -0.4 is 4.72 Å². The number of anilines is 1. The van der Waals surface area contributed by atoms with Gasteiger partial charge in [-0.2, -0.15) is 0 Å². The molecule has 1 N–H and O–H groups in total. The number of hydrogen-bond acceptors (Lipinski definition) is 5. The number of carbonyl (C=O) groups is 2. The molecular weight excluding hydrogens is 406 g/mol. The molecule has 30 heavy (non-hydrogen) atoms. The van der Waals surface area contributed by atoms with Crippen LogP contribution in [0.5, 0.6) is 0 Å². The number of likely N-dealkylation sites (N-methyl/N-ethyl adjacent to an activating group) is 1. The molecule has 2 amide bonds. The zero-order valence-electron chi connectivity index (χ0n) is 17.0. The molecule has 1 heterocycles. The molecule has 0 aliphatic carbocycles. The summed E-state index contributed by atoms with van der Waals surface area (Å²) in [6.07, 6.45) is 0. The van der Waals surface area contributed by atoms with E-state index in [0.717, 1.165) is 5.56 Å². The minimum atomic E-state index is -3.78. The predicted octanol–water partition coefficient (Wildman–Crippen LogP) is 1.73. The van der Waals surface area contributed by atoms with Crippen molar-refractivity contribution in [2.75, 3.05) is 44.6 Å². The minimum Gasteiger partial charge on any atom is -0.378 e. The summed E-state index contributed by atoms with van der Waals surface area (Å²) >= 11 is 0. The molecular formula is C21H25N3O5S. The highest BCUT2D eigenvalue weighted by molar-refractivity contribution is 7.92. The van der Waals surface area contributed by atoms with Gasteiger partial charge in [0.2, 0.25) is 5.91 Å². The van der Waals surface area contributed by atoms with Gasteiger partial charge in [-0.3, -0.25) is 14.3 Å². The minimum absolute atomic E-state index is 0.0479. The summed E-state index contributed by atoms with van der Waals surface area (Å²) in [5.41, 5.74) is 1.61. The molecule has 2 aromatic carbocycles. The standard InChI is InChI=1S/C21H25N3O5S/c1-16-5-3-4-6-19(16)22-30(27,28)18-9-7-17(8-10-18)21(26)23(2)15-20(25)24-11-13-29-14-12-24/h3-10,22H,11-15H2,1-2H3. The van der Waals surface area contributed by atoms with Gasteiger partial charge in [0, 0.05) is 25.7 Å². The summed E-state index contributed by atoms with van der Waals surface area (Å²) in [5, 5.41) is 0. The van der Waals surface area contributed by atoms with Crippen molar-refractivity contribution in [3.63, 3.8) is 0 Å². The van der Waals surface area contributed by atoms with Gasteiger partial charge < -0.3 is 14.5 Å². The number of rotatable bonds is 6. The van der Waals surface area contributed by atoms with Crippen molar-refractivity contribution in [2.45, 2.75) is 11.8 Å². The molecule has 0 unspecified atom stereocenters. The van der Waals surface area contributed by atoms with E-state index in [1.54, 1.807) is 24.1 Å². The Morgan fingerprint density at radius 3 is 2.33 bits per heavy atom. The first-order valence-corrected chi connectivity index (χ1v) is 11.1. The summed E-state index contributed by atoms with van der Waals surface area (Å²) in [6, 6.07) is 12.7. The number of benzene rings is 2. The lowest BCUT2D eigenvalue weighted by atomic mass is 10.2. The summed E-state index contributed by atoms with van der Waals surface area (Å²) in [5.74, 6) is -0.497.